The third-order valence-electron chi connectivity index (χ3n) is 11.1. The summed E-state index contributed by atoms with van der Waals surface area (Å²) in [4.78, 5) is 37.5. The number of rotatable bonds is 45. The highest BCUT2D eigenvalue weighted by Crippen LogP contribution is 2.16. The summed E-state index contributed by atoms with van der Waals surface area (Å²) in [5.74, 6) is -0.861. The van der Waals surface area contributed by atoms with Gasteiger partial charge in [-0.1, -0.05) is 239 Å². The molecule has 0 bridgehead atoms. The van der Waals surface area contributed by atoms with Gasteiger partial charge in [0.1, 0.15) is 13.2 Å². The van der Waals surface area contributed by atoms with Crippen molar-refractivity contribution in [2.45, 2.75) is 284 Å². The number of ether oxygens (including phenoxy) is 3. The summed E-state index contributed by atoms with van der Waals surface area (Å²) in [5, 5.41) is 0. The summed E-state index contributed by atoms with van der Waals surface area (Å²) < 4.78 is 16.6. The van der Waals surface area contributed by atoms with E-state index in [2.05, 4.69) is 20.8 Å². The van der Waals surface area contributed by atoms with E-state index >= 15 is 0 Å². The summed E-state index contributed by atoms with van der Waals surface area (Å²) in [6, 6.07) is 0. The minimum Gasteiger partial charge on any atom is -0.462 e. The first-order chi connectivity index (χ1) is 27.0. The Hall–Kier alpha value is -1.59. The maximum Gasteiger partial charge on any atom is 0.306 e. The highest BCUT2D eigenvalue weighted by Gasteiger charge is 2.19. The summed E-state index contributed by atoms with van der Waals surface area (Å²) in [5.41, 5.74) is 0. The Bertz CT molecular complexity index is 813. The van der Waals surface area contributed by atoms with Crippen molar-refractivity contribution in [3.63, 3.8) is 0 Å². The second-order valence-electron chi connectivity index (χ2n) is 16.7. The van der Waals surface area contributed by atoms with Crippen LogP contribution in [0.5, 0.6) is 0 Å². The lowest BCUT2D eigenvalue weighted by Gasteiger charge is -2.18. The first kappa shape index (κ1) is 53.4. The van der Waals surface area contributed by atoms with Gasteiger partial charge in [-0.3, -0.25) is 14.4 Å². The Labute approximate surface area is 342 Å². The van der Waals surface area contributed by atoms with Crippen molar-refractivity contribution in [1.82, 2.24) is 0 Å². The van der Waals surface area contributed by atoms with Crippen LogP contribution in [0.2, 0.25) is 0 Å². The van der Waals surface area contributed by atoms with Gasteiger partial charge in [-0.05, 0) is 19.3 Å². The van der Waals surface area contributed by atoms with Gasteiger partial charge in [-0.15, -0.1) is 0 Å². The van der Waals surface area contributed by atoms with Crippen molar-refractivity contribution in [2.24, 2.45) is 0 Å². The molecule has 0 saturated carbocycles. The van der Waals surface area contributed by atoms with Gasteiger partial charge < -0.3 is 14.2 Å². The molecule has 1 atom stereocenters. The van der Waals surface area contributed by atoms with Crippen LogP contribution in [-0.4, -0.2) is 37.2 Å². The van der Waals surface area contributed by atoms with Crippen molar-refractivity contribution in [1.29, 1.82) is 0 Å². The average Bonchev–Trinajstić information content (AvgIpc) is 3.18. The molecule has 0 spiro atoms. The topological polar surface area (TPSA) is 78.9 Å². The van der Waals surface area contributed by atoms with Gasteiger partial charge in [0.25, 0.3) is 0 Å². The van der Waals surface area contributed by atoms with Crippen LogP contribution in [0.4, 0.5) is 0 Å². The minimum absolute atomic E-state index is 0.0635. The van der Waals surface area contributed by atoms with Crippen molar-refractivity contribution >= 4 is 17.9 Å². The summed E-state index contributed by atoms with van der Waals surface area (Å²) >= 11 is 0. The lowest BCUT2D eigenvalue weighted by atomic mass is 10.0. The molecule has 0 heterocycles. The highest BCUT2D eigenvalue weighted by atomic mass is 16.6. The van der Waals surface area contributed by atoms with Crippen LogP contribution in [0.15, 0.2) is 0 Å². The molecule has 1 unspecified atom stereocenters. The largest absolute Gasteiger partial charge is 0.462 e. The van der Waals surface area contributed by atoms with Gasteiger partial charge in [0, 0.05) is 19.3 Å². The van der Waals surface area contributed by atoms with Crippen LogP contribution in [0.25, 0.3) is 0 Å². The van der Waals surface area contributed by atoms with Crippen molar-refractivity contribution in [3.8, 4) is 0 Å². The van der Waals surface area contributed by atoms with E-state index in [0.717, 1.165) is 57.8 Å². The van der Waals surface area contributed by atoms with E-state index in [-0.39, 0.29) is 31.1 Å². The van der Waals surface area contributed by atoms with Gasteiger partial charge in [0.15, 0.2) is 6.10 Å². The molecule has 0 radical (unpaired) electrons. The van der Waals surface area contributed by atoms with Crippen LogP contribution >= 0.6 is 0 Å². The zero-order valence-corrected chi connectivity index (χ0v) is 37.2. The lowest BCUT2D eigenvalue weighted by molar-refractivity contribution is -0.167. The fourth-order valence-electron chi connectivity index (χ4n) is 7.38. The number of unbranched alkanes of at least 4 members (excludes halogenated alkanes) is 34. The molecule has 0 fully saturated rings. The predicted molar refractivity (Wildman–Crippen MR) is 233 cm³/mol. The van der Waals surface area contributed by atoms with E-state index in [4.69, 9.17) is 14.2 Å². The maximum absolute atomic E-state index is 12.6. The molecule has 0 aromatic heterocycles. The smallest absolute Gasteiger partial charge is 0.306 e. The van der Waals surface area contributed by atoms with E-state index in [0.29, 0.717) is 19.3 Å². The highest BCUT2D eigenvalue weighted by molar-refractivity contribution is 5.71. The number of hydrogen-bond acceptors (Lipinski definition) is 6. The SMILES string of the molecule is CCCCCCCCCCCCCCCCCCCCCCCCC(=O)OCC(COC(=O)CCCCCCCCC)OC(=O)CCCCCCCCCC. The molecule has 0 aliphatic rings. The second kappa shape index (κ2) is 45.1. The molecule has 0 aromatic carbocycles. The molecule has 0 saturated heterocycles. The van der Waals surface area contributed by atoms with Crippen molar-refractivity contribution in [2.75, 3.05) is 13.2 Å². The fraction of sp³-hybridized carbons (Fsp3) is 0.939. The van der Waals surface area contributed by atoms with E-state index in [1.165, 1.54) is 180 Å². The van der Waals surface area contributed by atoms with E-state index in [9.17, 15) is 14.4 Å². The van der Waals surface area contributed by atoms with Crippen LogP contribution in [-0.2, 0) is 28.6 Å². The Morgan fingerprint density at radius 3 is 0.727 bits per heavy atom. The second-order valence-corrected chi connectivity index (χ2v) is 16.7. The third-order valence-corrected chi connectivity index (χ3v) is 11.1. The molecule has 326 valence electrons. The quantitative estimate of drug-likeness (QED) is 0.0348. The molecule has 0 aromatic rings. The zero-order valence-electron chi connectivity index (χ0n) is 37.2. The minimum atomic E-state index is -0.756. The zero-order chi connectivity index (χ0) is 40.1. The van der Waals surface area contributed by atoms with Gasteiger partial charge in [-0.2, -0.15) is 0 Å². The van der Waals surface area contributed by atoms with Gasteiger partial charge in [-0.25, -0.2) is 0 Å². The van der Waals surface area contributed by atoms with Crippen LogP contribution in [0.3, 0.4) is 0 Å². The molecule has 0 rings (SSSR count). The normalized spacial score (nSPS) is 11.8. The summed E-state index contributed by atoms with van der Waals surface area (Å²) in [6.07, 6.45) is 46.9. The fourth-order valence-corrected chi connectivity index (χ4v) is 7.38. The van der Waals surface area contributed by atoms with Gasteiger partial charge in [0.2, 0.25) is 0 Å². The first-order valence-corrected chi connectivity index (χ1v) is 24.5. The summed E-state index contributed by atoms with van der Waals surface area (Å²) in [6.45, 7) is 6.60. The van der Waals surface area contributed by atoms with Crippen molar-refractivity contribution in [3.05, 3.63) is 0 Å². The number of carbonyl (C=O) groups is 3. The molecular weight excluding hydrogens is 685 g/mol. The molecule has 55 heavy (non-hydrogen) atoms. The Morgan fingerprint density at radius 2 is 0.491 bits per heavy atom. The number of carbonyl (C=O) groups excluding carboxylic acids is 3. The Kier molecular flexibility index (Phi) is 43.8. The van der Waals surface area contributed by atoms with Crippen LogP contribution < -0.4 is 0 Å². The molecule has 0 amide bonds. The van der Waals surface area contributed by atoms with Crippen LogP contribution in [0.1, 0.15) is 278 Å². The summed E-state index contributed by atoms with van der Waals surface area (Å²) in [7, 11) is 0. The molecule has 6 nitrogen and oxygen atoms in total. The van der Waals surface area contributed by atoms with Gasteiger partial charge in [0.05, 0.1) is 0 Å². The average molecular weight is 779 g/mol. The Morgan fingerprint density at radius 1 is 0.291 bits per heavy atom. The molecular formula is C49H94O6. The predicted octanol–water partition coefficient (Wildman–Crippen LogP) is 15.6. The number of esters is 3. The van der Waals surface area contributed by atoms with Crippen LogP contribution in [0, 0.1) is 0 Å². The maximum atomic E-state index is 12.6. The standard InChI is InChI=1S/C49H94O6/c1-4-7-10-13-16-18-19-20-21-22-23-24-25-26-27-28-29-30-31-34-36-39-42-48(51)54-45-46(44-53-47(50)41-38-35-32-15-12-9-6-3)55-49(52)43-40-37-33-17-14-11-8-5-2/h46H,4-45H2,1-3H3. The molecule has 0 aliphatic carbocycles. The van der Waals surface area contributed by atoms with Gasteiger partial charge >= 0.3 is 17.9 Å². The van der Waals surface area contributed by atoms with E-state index < -0.39 is 6.10 Å². The van der Waals surface area contributed by atoms with Crippen molar-refractivity contribution < 1.29 is 28.6 Å². The lowest BCUT2D eigenvalue weighted by Crippen LogP contribution is -2.30. The molecule has 0 aliphatic heterocycles. The monoisotopic (exact) mass is 779 g/mol. The number of hydrogen-bond donors (Lipinski definition) is 0. The molecule has 0 N–H and O–H groups in total. The van der Waals surface area contributed by atoms with E-state index in [1.807, 2.05) is 0 Å². The van der Waals surface area contributed by atoms with E-state index in [1.54, 1.807) is 0 Å². The third kappa shape index (κ3) is 43.4. The Balaban J connectivity index is 4.02. The molecule has 6 heteroatoms. The first-order valence-electron chi connectivity index (χ1n) is 24.5.